The van der Waals surface area contributed by atoms with Crippen molar-refractivity contribution in [1.29, 1.82) is 0 Å². The van der Waals surface area contributed by atoms with Gasteiger partial charge in [0.2, 0.25) is 0 Å². The molecule has 0 amide bonds. The van der Waals surface area contributed by atoms with Crippen molar-refractivity contribution in [3.8, 4) is 0 Å². The van der Waals surface area contributed by atoms with Crippen molar-refractivity contribution in [2.24, 2.45) is 0 Å². The van der Waals surface area contributed by atoms with Gasteiger partial charge in [0, 0.05) is 24.3 Å². The van der Waals surface area contributed by atoms with Crippen LogP contribution in [0.2, 0.25) is 0 Å². The van der Waals surface area contributed by atoms with Gasteiger partial charge in [0.15, 0.2) is 15.6 Å². The Kier molecular flexibility index (Phi) is 4.69. The molecule has 7 nitrogen and oxygen atoms in total. The molecule has 21 heavy (non-hydrogen) atoms. The Balaban J connectivity index is 2.06. The largest absolute Gasteiger partial charge is 0.377 e. The number of rotatable bonds is 6. The van der Waals surface area contributed by atoms with Gasteiger partial charge in [-0.3, -0.25) is 14.9 Å². The van der Waals surface area contributed by atoms with E-state index in [0.29, 0.717) is 13.0 Å². The minimum atomic E-state index is -3.59. The number of sulfone groups is 1. The highest BCUT2D eigenvalue weighted by molar-refractivity contribution is 7.92. The van der Waals surface area contributed by atoms with Crippen LogP contribution in [0.3, 0.4) is 0 Å². The molecule has 1 saturated heterocycles. The number of Topliss-reactive ketones (excluding diaryl/α,β-unsaturated/α-hetero) is 1. The van der Waals surface area contributed by atoms with Gasteiger partial charge in [-0.25, -0.2) is 8.42 Å². The normalized spacial score (nSPS) is 18.6. The van der Waals surface area contributed by atoms with E-state index in [1.54, 1.807) is 0 Å². The van der Waals surface area contributed by atoms with Crippen LogP contribution in [0, 0.1) is 10.1 Å². The number of hydrogen-bond acceptors (Lipinski definition) is 6. The number of ether oxygens (including phenoxy) is 1. The quantitative estimate of drug-likeness (QED) is 0.446. The SMILES string of the molecule is O=C(CS(=O)(=O)CC1CCCO1)c1cccc([N+](=O)[O-])c1. The zero-order valence-corrected chi connectivity index (χ0v) is 12.0. The van der Waals surface area contributed by atoms with E-state index in [0.717, 1.165) is 12.5 Å². The lowest BCUT2D eigenvalue weighted by Gasteiger charge is -2.09. The van der Waals surface area contributed by atoms with Crippen LogP contribution in [0.1, 0.15) is 23.2 Å². The molecule has 1 aromatic carbocycles. The molecule has 0 N–H and O–H groups in total. The number of nitro benzene ring substituents is 1. The summed E-state index contributed by atoms with van der Waals surface area (Å²) in [5.41, 5.74) is -0.211. The van der Waals surface area contributed by atoms with Gasteiger partial charge in [-0.05, 0) is 12.8 Å². The monoisotopic (exact) mass is 313 g/mol. The van der Waals surface area contributed by atoms with Crippen LogP contribution in [0.5, 0.6) is 0 Å². The predicted octanol–water partition coefficient (Wildman–Crippen LogP) is 1.37. The van der Waals surface area contributed by atoms with Gasteiger partial charge in [-0.2, -0.15) is 0 Å². The number of benzene rings is 1. The zero-order chi connectivity index (χ0) is 15.5. The molecule has 0 spiro atoms. The van der Waals surface area contributed by atoms with Crippen molar-refractivity contribution in [3.63, 3.8) is 0 Å². The first-order chi connectivity index (χ1) is 9.87. The van der Waals surface area contributed by atoms with E-state index in [2.05, 4.69) is 0 Å². The van der Waals surface area contributed by atoms with Crippen LogP contribution in [0.4, 0.5) is 5.69 Å². The van der Waals surface area contributed by atoms with E-state index in [9.17, 15) is 23.3 Å². The van der Waals surface area contributed by atoms with Gasteiger partial charge >= 0.3 is 0 Å². The summed E-state index contributed by atoms with van der Waals surface area (Å²) >= 11 is 0. The molecule has 1 atom stereocenters. The first kappa shape index (κ1) is 15.6. The van der Waals surface area contributed by atoms with E-state index in [4.69, 9.17) is 4.74 Å². The predicted molar refractivity (Wildman–Crippen MR) is 75.1 cm³/mol. The van der Waals surface area contributed by atoms with Crippen LogP contribution in [0.15, 0.2) is 24.3 Å². The van der Waals surface area contributed by atoms with Gasteiger partial charge in [0.1, 0.15) is 5.75 Å². The van der Waals surface area contributed by atoms with E-state index < -0.39 is 26.3 Å². The summed E-state index contributed by atoms with van der Waals surface area (Å²) in [5.74, 6) is -1.49. The minimum Gasteiger partial charge on any atom is -0.377 e. The second-order valence-electron chi connectivity index (χ2n) is 4.92. The number of hydrogen-bond donors (Lipinski definition) is 0. The first-order valence-corrected chi connectivity index (χ1v) is 8.29. The summed E-state index contributed by atoms with van der Waals surface area (Å²) in [6.07, 6.45) is 1.14. The number of carbonyl (C=O) groups is 1. The molecule has 0 saturated carbocycles. The molecule has 0 radical (unpaired) electrons. The molecular weight excluding hydrogens is 298 g/mol. The third kappa shape index (κ3) is 4.33. The van der Waals surface area contributed by atoms with E-state index in [-0.39, 0.29) is 23.1 Å². The number of nitro groups is 1. The lowest BCUT2D eigenvalue weighted by Crippen LogP contribution is -2.26. The summed E-state index contributed by atoms with van der Waals surface area (Å²) in [5, 5.41) is 10.7. The summed E-state index contributed by atoms with van der Waals surface area (Å²) < 4.78 is 29.2. The Hall–Kier alpha value is -1.80. The molecule has 0 aliphatic carbocycles. The number of non-ortho nitro benzene ring substituents is 1. The molecule has 2 rings (SSSR count). The molecule has 0 aromatic heterocycles. The first-order valence-electron chi connectivity index (χ1n) is 6.47. The maximum Gasteiger partial charge on any atom is 0.270 e. The minimum absolute atomic E-state index is 0.0279. The Bertz CT molecular complexity index is 648. The molecular formula is C13H15NO6S. The van der Waals surface area contributed by atoms with Gasteiger partial charge in [-0.15, -0.1) is 0 Å². The van der Waals surface area contributed by atoms with E-state index in [1.807, 2.05) is 0 Å². The summed E-state index contributed by atoms with van der Waals surface area (Å²) in [7, 11) is -3.59. The summed E-state index contributed by atoms with van der Waals surface area (Å²) in [6, 6.07) is 5.07. The second kappa shape index (κ2) is 6.31. The van der Waals surface area contributed by atoms with Crippen molar-refractivity contribution in [2.45, 2.75) is 18.9 Å². The number of ketones is 1. The average molecular weight is 313 g/mol. The molecule has 1 fully saturated rings. The van der Waals surface area contributed by atoms with Crippen molar-refractivity contribution in [1.82, 2.24) is 0 Å². The third-order valence-electron chi connectivity index (χ3n) is 3.19. The highest BCUT2D eigenvalue weighted by Gasteiger charge is 2.26. The molecule has 114 valence electrons. The molecule has 1 aliphatic heterocycles. The molecule has 8 heteroatoms. The fourth-order valence-corrected chi connectivity index (χ4v) is 3.71. The standard InChI is InChI=1S/C13H15NO6S/c15-13(10-3-1-4-11(7-10)14(16)17)9-21(18,19)8-12-5-2-6-20-12/h1,3-4,7,12H,2,5-6,8-9H2. The summed E-state index contributed by atoms with van der Waals surface area (Å²) in [4.78, 5) is 22.0. The topological polar surface area (TPSA) is 104 Å². The summed E-state index contributed by atoms with van der Waals surface area (Å²) in [6.45, 7) is 0.541. The highest BCUT2D eigenvalue weighted by Crippen LogP contribution is 2.17. The van der Waals surface area contributed by atoms with Gasteiger partial charge < -0.3 is 4.74 Å². The van der Waals surface area contributed by atoms with Crippen molar-refractivity contribution >= 4 is 21.3 Å². The van der Waals surface area contributed by atoms with E-state index in [1.165, 1.54) is 18.2 Å². The highest BCUT2D eigenvalue weighted by atomic mass is 32.2. The molecule has 1 heterocycles. The third-order valence-corrected chi connectivity index (χ3v) is 4.78. The van der Waals surface area contributed by atoms with Crippen LogP contribution in [-0.4, -0.2) is 43.3 Å². The van der Waals surface area contributed by atoms with Crippen LogP contribution >= 0.6 is 0 Å². The van der Waals surface area contributed by atoms with Crippen LogP contribution in [0.25, 0.3) is 0 Å². The lowest BCUT2D eigenvalue weighted by atomic mass is 10.1. The smallest absolute Gasteiger partial charge is 0.270 e. The van der Waals surface area contributed by atoms with Gasteiger partial charge in [0.05, 0.1) is 16.8 Å². The molecule has 1 aliphatic rings. The average Bonchev–Trinajstić information content (AvgIpc) is 2.90. The Morgan fingerprint density at radius 1 is 1.43 bits per heavy atom. The van der Waals surface area contributed by atoms with Gasteiger partial charge in [0.25, 0.3) is 5.69 Å². The molecule has 1 unspecified atom stereocenters. The maximum atomic E-state index is 12.0. The van der Waals surface area contributed by atoms with E-state index >= 15 is 0 Å². The number of carbonyl (C=O) groups excluding carboxylic acids is 1. The van der Waals surface area contributed by atoms with Crippen molar-refractivity contribution in [3.05, 3.63) is 39.9 Å². The lowest BCUT2D eigenvalue weighted by molar-refractivity contribution is -0.384. The van der Waals surface area contributed by atoms with Crippen molar-refractivity contribution in [2.75, 3.05) is 18.1 Å². The molecule has 1 aromatic rings. The number of nitrogens with zero attached hydrogens (tertiary/aromatic N) is 1. The molecule has 0 bridgehead atoms. The van der Waals surface area contributed by atoms with Crippen LogP contribution < -0.4 is 0 Å². The van der Waals surface area contributed by atoms with Gasteiger partial charge in [-0.1, -0.05) is 12.1 Å². The Morgan fingerprint density at radius 3 is 2.81 bits per heavy atom. The second-order valence-corrected chi connectivity index (χ2v) is 7.03. The van der Waals surface area contributed by atoms with Crippen LogP contribution in [-0.2, 0) is 14.6 Å². The maximum absolute atomic E-state index is 12.0. The zero-order valence-electron chi connectivity index (χ0n) is 11.2. The Morgan fingerprint density at radius 2 is 2.19 bits per heavy atom. The fraction of sp³-hybridized carbons (Fsp3) is 0.462. The Labute approximate surface area is 122 Å². The fourth-order valence-electron chi connectivity index (χ4n) is 2.19. The van der Waals surface area contributed by atoms with Crippen molar-refractivity contribution < 1.29 is 22.9 Å².